The summed E-state index contributed by atoms with van der Waals surface area (Å²) in [6.07, 6.45) is 5.81. The third-order valence-electron chi connectivity index (χ3n) is 6.26. The van der Waals surface area contributed by atoms with Crippen molar-refractivity contribution in [3.05, 3.63) is 63.9 Å². The van der Waals surface area contributed by atoms with Crippen molar-refractivity contribution in [2.75, 3.05) is 17.1 Å². The lowest BCUT2D eigenvalue weighted by Crippen LogP contribution is -2.53. The van der Waals surface area contributed by atoms with Crippen LogP contribution in [0.2, 0.25) is 10.0 Å². The second-order valence-corrected chi connectivity index (χ2v) is 11.7. The lowest BCUT2D eigenvalue weighted by atomic mass is 9.95. The van der Waals surface area contributed by atoms with E-state index in [1.807, 2.05) is 0 Å². The highest BCUT2D eigenvalue weighted by Gasteiger charge is 2.32. The number of nitrogens with one attached hydrogen (secondary N) is 1. The molecule has 1 aliphatic carbocycles. The molecule has 1 N–H and O–H groups in total. The fourth-order valence-corrected chi connectivity index (χ4v) is 5.41. The molecule has 2 amide bonds. The number of benzene rings is 2. The van der Waals surface area contributed by atoms with Gasteiger partial charge >= 0.3 is 0 Å². The highest BCUT2D eigenvalue weighted by atomic mass is 35.5. The van der Waals surface area contributed by atoms with Crippen LogP contribution in [0, 0.1) is 5.82 Å². The number of carbonyl (C=O) groups is 2. The molecule has 36 heavy (non-hydrogen) atoms. The maximum Gasteiger partial charge on any atom is 0.244 e. The summed E-state index contributed by atoms with van der Waals surface area (Å²) in [5, 5.41) is 3.63. The quantitative estimate of drug-likeness (QED) is 0.481. The van der Waals surface area contributed by atoms with Gasteiger partial charge in [-0.15, -0.1) is 0 Å². The third-order valence-corrected chi connectivity index (χ3v) is 8.12. The van der Waals surface area contributed by atoms with Gasteiger partial charge in [-0.1, -0.05) is 60.7 Å². The molecule has 0 saturated heterocycles. The van der Waals surface area contributed by atoms with Crippen molar-refractivity contribution in [3.8, 4) is 0 Å². The number of anilines is 1. The summed E-state index contributed by atoms with van der Waals surface area (Å²) < 4.78 is 40.2. The Kier molecular flexibility index (Phi) is 9.60. The zero-order chi connectivity index (χ0) is 26.5. The van der Waals surface area contributed by atoms with Crippen molar-refractivity contribution in [3.63, 3.8) is 0 Å². The first-order valence-corrected chi connectivity index (χ1v) is 14.3. The van der Waals surface area contributed by atoms with Gasteiger partial charge in [-0.3, -0.25) is 13.9 Å². The van der Waals surface area contributed by atoms with Crippen LogP contribution in [0.25, 0.3) is 0 Å². The first kappa shape index (κ1) is 28.2. The number of hydrogen-bond donors (Lipinski definition) is 1. The van der Waals surface area contributed by atoms with Gasteiger partial charge in [-0.2, -0.15) is 0 Å². The third kappa shape index (κ3) is 7.33. The van der Waals surface area contributed by atoms with Gasteiger partial charge in [-0.25, -0.2) is 12.8 Å². The predicted molar refractivity (Wildman–Crippen MR) is 140 cm³/mol. The minimum atomic E-state index is -4.02. The molecule has 0 aromatic heterocycles. The number of amides is 2. The van der Waals surface area contributed by atoms with Crippen LogP contribution < -0.4 is 9.62 Å². The van der Waals surface area contributed by atoms with E-state index in [4.69, 9.17) is 23.2 Å². The van der Waals surface area contributed by atoms with Crippen molar-refractivity contribution in [2.24, 2.45) is 0 Å². The smallest absolute Gasteiger partial charge is 0.244 e. The molecule has 0 heterocycles. The van der Waals surface area contributed by atoms with E-state index in [9.17, 15) is 22.4 Å². The zero-order valence-electron chi connectivity index (χ0n) is 20.2. The predicted octanol–water partition coefficient (Wildman–Crippen LogP) is 4.76. The van der Waals surface area contributed by atoms with Gasteiger partial charge < -0.3 is 10.2 Å². The molecule has 0 radical (unpaired) electrons. The Morgan fingerprint density at radius 2 is 1.75 bits per heavy atom. The number of hydrogen-bond acceptors (Lipinski definition) is 4. The van der Waals surface area contributed by atoms with Crippen LogP contribution in [0.4, 0.5) is 10.1 Å². The maximum atomic E-state index is 14.5. The molecule has 1 aliphatic rings. The van der Waals surface area contributed by atoms with Crippen LogP contribution in [0.3, 0.4) is 0 Å². The van der Waals surface area contributed by atoms with Gasteiger partial charge in [0.05, 0.1) is 22.0 Å². The van der Waals surface area contributed by atoms with Gasteiger partial charge in [0.25, 0.3) is 0 Å². The van der Waals surface area contributed by atoms with Crippen LogP contribution in [0.1, 0.15) is 44.6 Å². The highest BCUT2D eigenvalue weighted by molar-refractivity contribution is 7.92. The van der Waals surface area contributed by atoms with Crippen molar-refractivity contribution in [2.45, 2.75) is 57.7 Å². The zero-order valence-corrected chi connectivity index (χ0v) is 22.5. The molecule has 1 fully saturated rings. The molecule has 2 aromatic carbocycles. The first-order chi connectivity index (χ1) is 17.0. The number of sulfonamides is 1. The molecule has 0 spiro atoms. The standard InChI is InChI=1S/C25H30Cl2FN3O4S/c1-17(25(33)29-19-8-4-3-5-9-19)30(15-18-12-13-20(26)21(27)14-18)24(32)16-31(36(2,34)35)23-11-7-6-10-22(23)28/h6-7,10-14,17,19H,3-5,8-9,15-16H2,1-2H3,(H,29,33). The second-order valence-electron chi connectivity index (χ2n) is 9.01. The molecule has 0 bridgehead atoms. The molecule has 7 nitrogen and oxygen atoms in total. The molecule has 0 aliphatic heterocycles. The Labute approximate surface area is 221 Å². The van der Waals surface area contributed by atoms with E-state index in [-0.39, 0.29) is 29.2 Å². The number of para-hydroxylation sites is 1. The summed E-state index contributed by atoms with van der Waals surface area (Å²) in [5.41, 5.74) is 0.356. The average molecular weight is 559 g/mol. The van der Waals surface area contributed by atoms with Crippen molar-refractivity contribution in [1.82, 2.24) is 10.2 Å². The summed E-state index contributed by atoms with van der Waals surface area (Å²) in [7, 11) is -4.02. The van der Waals surface area contributed by atoms with Crippen LogP contribution >= 0.6 is 23.2 Å². The Hall–Kier alpha value is -2.36. The molecule has 2 aromatic rings. The number of halogens is 3. The number of carbonyl (C=O) groups excluding carboxylic acids is 2. The van der Waals surface area contributed by atoms with Gasteiger partial charge in [0.15, 0.2) is 0 Å². The van der Waals surface area contributed by atoms with Crippen molar-refractivity contribution < 1.29 is 22.4 Å². The van der Waals surface area contributed by atoms with Crippen LogP contribution in [0.15, 0.2) is 42.5 Å². The topological polar surface area (TPSA) is 86.8 Å². The van der Waals surface area contributed by atoms with Crippen molar-refractivity contribution in [1.29, 1.82) is 0 Å². The van der Waals surface area contributed by atoms with E-state index >= 15 is 0 Å². The lowest BCUT2D eigenvalue weighted by Gasteiger charge is -2.33. The van der Waals surface area contributed by atoms with E-state index in [0.29, 0.717) is 14.9 Å². The van der Waals surface area contributed by atoms with E-state index in [0.717, 1.165) is 44.4 Å². The molecular weight excluding hydrogens is 528 g/mol. The largest absolute Gasteiger partial charge is 0.352 e. The van der Waals surface area contributed by atoms with Gasteiger partial charge in [0, 0.05) is 12.6 Å². The molecule has 11 heteroatoms. The van der Waals surface area contributed by atoms with Crippen molar-refractivity contribution >= 4 is 50.7 Å². The highest BCUT2D eigenvalue weighted by Crippen LogP contribution is 2.25. The van der Waals surface area contributed by atoms with Gasteiger partial charge in [-0.05, 0) is 49.6 Å². The molecule has 1 unspecified atom stereocenters. The van der Waals surface area contributed by atoms with E-state index in [1.54, 1.807) is 25.1 Å². The minimum Gasteiger partial charge on any atom is -0.352 e. The Morgan fingerprint density at radius 1 is 1.08 bits per heavy atom. The van der Waals surface area contributed by atoms with Crippen LogP contribution in [-0.4, -0.2) is 50.0 Å². The Bertz CT molecular complexity index is 1210. The summed E-state index contributed by atoms with van der Waals surface area (Å²) in [6.45, 7) is 0.882. The summed E-state index contributed by atoms with van der Waals surface area (Å²) in [4.78, 5) is 27.9. The SMILES string of the molecule is CC(C(=O)NC1CCCCC1)N(Cc1ccc(Cl)c(Cl)c1)C(=O)CN(c1ccccc1F)S(C)(=O)=O. The fourth-order valence-electron chi connectivity index (χ4n) is 4.23. The van der Waals surface area contributed by atoms with Crippen LogP contribution in [0.5, 0.6) is 0 Å². The normalized spacial score (nSPS) is 15.2. The molecule has 196 valence electrons. The summed E-state index contributed by atoms with van der Waals surface area (Å²) >= 11 is 12.2. The monoisotopic (exact) mass is 557 g/mol. The second kappa shape index (κ2) is 12.3. The lowest BCUT2D eigenvalue weighted by molar-refractivity contribution is -0.139. The first-order valence-electron chi connectivity index (χ1n) is 11.7. The number of rotatable bonds is 9. The van der Waals surface area contributed by atoms with E-state index in [2.05, 4.69) is 5.32 Å². The maximum absolute atomic E-state index is 14.5. The van der Waals surface area contributed by atoms with E-state index < -0.39 is 34.3 Å². The summed E-state index contributed by atoms with van der Waals surface area (Å²) in [6, 6.07) is 9.25. The Balaban J connectivity index is 1.90. The van der Waals surface area contributed by atoms with E-state index in [1.165, 1.54) is 23.1 Å². The minimum absolute atomic E-state index is 0.0240. The average Bonchev–Trinajstić information content (AvgIpc) is 2.83. The number of nitrogens with zero attached hydrogens (tertiary/aromatic N) is 2. The van der Waals surface area contributed by atoms with Gasteiger partial charge in [0.2, 0.25) is 21.8 Å². The van der Waals surface area contributed by atoms with Gasteiger partial charge in [0.1, 0.15) is 18.4 Å². The molecule has 1 saturated carbocycles. The van der Waals surface area contributed by atoms with Crippen LogP contribution in [-0.2, 0) is 26.2 Å². The molecule has 1 atom stereocenters. The Morgan fingerprint density at radius 3 is 2.36 bits per heavy atom. The fraction of sp³-hybridized carbons (Fsp3) is 0.440. The molecular formula is C25H30Cl2FN3O4S. The molecule has 3 rings (SSSR count). The summed E-state index contributed by atoms with van der Waals surface area (Å²) in [5.74, 6) is -1.79.